The Labute approximate surface area is 152 Å². The second-order valence-corrected chi connectivity index (χ2v) is 7.06. The lowest BCUT2D eigenvalue weighted by Crippen LogP contribution is -2.33. The van der Waals surface area contributed by atoms with E-state index in [4.69, 9.17) is 0 Å². The molecule has 2 amide bonds. The summed E-state index contributed by atoms with van der Waals surface area (Å²) in [5.74, 6) is 0.0638. The zero-order valence-electron chi connectivity index (χ0n) is 14.5. The first-order chi connectivity index (χ1) is 12.0. The Morgan fingerprint density at radius 2 is 1.92 bits per heavy atom. The van der Waals surface area contributed by atoms with E-state index in [2.05, 4.69) is 15.6 Å². The largest absolute Gasteiger partial charge is 0.355 e. The Morgan fingerprint density at radius 3 is 2.60 bits per heavy atom. The molecule has 0 saturated heterocycles. The van der Waals surface area contributed by atoms with Gasteiger partial charge in [0.1, 0.15) is 0 Å². The number of amides is 2. The van der Waals surface area contributed by atoms with Gasteiger partial charge in [-0.2, -0.15) is 0 Å². The van der Waals surface area contributed by atoms with E-state index in [1.54, 1.807) is 13.1 Å². The van der Waals surface area contributed by atoms with Gasteiger partial charge in [-0.25, -0.2) is 0 Å². The van der Waals surface area contributed by atoms with Gasteiger partial charge in [0.2, 0.25) is 11.8 Å². The Kier molecular flexibility index (Phi) is 7.47. The third-order valence-corrected chi connectivity index (χ3v) is 4.72. The fraction of sp³-hybridized carbons (Fsp3) is 0.316. The summed E-state index contributed by atoms with van der Waals surface area (Å²) in [4.78, 5) is 28.2. The van der Waals surface area contributed by atoms with Gasteiger partial charge in [-0.15, -0.1) is 11.8 Å². The summed E-state index contributed by atoms with van der Waals surface area (Å²) < 4.78 is 0. The van der Waals surface area contributed by atoms with Crippen molar-refractivity contribution in [1.29, 1.82) is 0 Å². The molecule has 1 heterocycles. The van der Waals surface area contributed by atoms with E-state index in [9.17, 15) is 9.59 Å². The van der Waals surface area contributed by atoms with Crippen LogP contribution in [-0.2, 0) is 16.0 Å². The van der Waals surface area contributed by atoms with Crippen LogP contribution in [0.3, 0.4) is 0 Å². The first kappa shape index (κ1) is 19.0. The molecule has 0 fully saturated rings. The summed E-state index contributed by atoms with van der Waals surface area (Å²) in [6.45, 7) is 4.34. The van der Waals surface area contributed by atoms with Crippen LogP contribution in [0.4, 0.5) is 5.69 Å². The van der Waals surface area contributed by atoms with Crippen molar-refractivity contribution >= 4 is 29.3 Å². The Morgan fingerprint density at radius 1 is 1.16 bits per heavy atom. The molecular formula is C19H23N3O2S. The molecule has 0 saturated carbocycles. The van der Waals surface area contributed by atoms with E-state index in [1.807, 2.05) is 49.4 Å². The second-order valence-electron chi connectivity index (χ2n) is 5.73. The van der Waals surface area contributed by atoms with Gasteiger partial charge in [0.15, 0.2) is 0 Å². The number of nitrogens with one attached hydrogen (secondary N) is 2. The maximum absolute atomic E-state index is 12.1. The number of thioether (sulfide) groups is 1. The lowest BCUT2D eigenvalue weighted by Gasteiger charge is -2.12. The molecule has 2 N–H and O–H groups in total. The van der Waals surface area contributed by atoms with Gasteiger partial charge in [0, 0.05) is 30.5 Å². The maximum atomic E-state index is 12.1. The minimum absolute atomic E-state index is 0.0657. The van der Waals surface area contributed by atoms with Crippen LogP contribution < -0.4 is 10.6 Å². The van der Waals surface area contributed by atoms with E-state index in [0.717, 1.165) is 16.9 Å². The number of rotatable bonds is 8. The standard InChI is InChI=1S/C19H23N3O2S/c1-14-6-8-17(9-7-14)22-18(23)13-25-15(2)19(24)21-12-10-16-5-3-4-11-20-16/h3-9,11,15H,10,12-13H2,1-2H3,(H,21,24)(H,22,23)/t15-/m0/s1. The third kappa shape index (κ3) is 6.97. The van der Waals surface area contributed by atoms with Crippen molar-refractivity contribution in [3.05, 3.63) is 59.9 Å². The van der Waals surface area contributed by atoms with E-state index in [-0.39, 0.29) is 22.8 Å². The van der Waals surface area contributed by atoms with Crippen LogP contribution in [0.2, 0.25) is 0 Å². The fourth-order valence-corrected chi connectivity index (χ4v) is 2.82. The van der Waals surface area contributed by atoms with E-state index in [1.165, 1.54) is 11.8 Å². The number of carbonyl (C=O) groups excluding carboxylic acids is 2. The van der Waals surface area contributed by atoms with Crippen molar-refractivity contribution in [3.63, 3.8) is 0 Å². The fourth-order valence-electron chi connectivity index (χ4n) is 2.11. The van der Waals surface area contributed by atoms with Crippen molar-refractivity contribution in [1.82, 2.24) is 10.3 Å². The summed E-state index contributed by atoms with van der Waals surface area (Å²) >= 11 is 1.32. The number of pyridine rings is 1. The zero-order valence-corrected chi connectivity index (χ0v) is 15.3. The molecule has 2 rings (SSSR count). The third-order valence-electron chi connectivity index (χ3n) is 3.58. The number of nitrogens with zero attached hydrogens (tertiary/aromatic N) is 1. The number of aryl methyl sites for hydroxylation is 1. The lowest BCUT2D eigenvalue weighted by atomic mass is 10.2. The van der Waals surface area contributed by atoms with Crippen LogP contribution in [0, 0.1) is 6.92 Å². The Bertz CT molecular complexity index is 690. The highest BCUT2D eigenvalue weighted by molar-refractivity contribution is 8.01. The molecule has 5 nitrogen and oxygen atoms in total. The van der Waals surface area contributed by atoms with Gasteiger partial charge < -0.3 is 10.6 Å². The highest BCUT2D eigenvalue weighted by atomic mass is 32.2. The molecule has 0 aliphatic carbocycles. The summed E-state index contributed by atoms with van der Waals surface area (Å²) in [5.41, 5.74) is 2.85. The normalized spacial score (nSPS) is 11.6. The first-order valence-corrected chi connectivity index (χ1v) is 9.25. The predicted molar refractivity (Wildman–Crippen MR) is 103 cm³/mol. The molecule has 25 heavy (non-hydrogen) atoms. The van der Waals surface area contributed by atoms with Crippen LogP contribution in [0.1, 0.15) is 18.2 Å². The number of aromatic nitrogens is 1. The van der Waals surface area contributed by atoms with E-state index < -0.39 is 0 Å². The van der Waals surface area contributed by atoms with Crippen molar-refractivity contribution < 1.29 is 9.59 Å². The van der Waals surface area contributed by atoms with Crippen LogP contribution in [0.25, 0.3) is 0 Å². The molecule has 0 unspecified atom stereocenters. The van der Waals surface area contributed by atoms with Gasteiger partial charge in [-0.1, -0.05) is 23.8 Å². The van der Waals surface area contributed by atoms with Crippen LogP contribution in [-0.4, -0.2) is 34.3 Å². The van der Waals surface area contributed by atoms with Crippen LogP contribution in [0.5, 0.6) is 0 Å². The minimum Gasteiger partial charge on any atom is -0.355 e. The zero-order chi connectivity index (χ0) is 18.1. The molecule has 1 atom stereocenters. The average molecular weight is 357 g/mol. The van der Waals surface area contributed by atoms with Crippen molar-refractivity contribution in [2.75, 3.05) is 17.6 Å². The molecule has 0 spiro atoms. The predicted octanol–water partition coefficient (Wildman–Crippen LogP) is 2.81. The smallest absolute Gasteiger partial charge is 0.234 e. The molecule has 0 aliphatic rings. The first-order valence-electron chi connectivity index (χ1n) is 8.20. The summed E-state index contributed by atoms with van der Waals surface area (Å²) in [6, 6.07) is 13.3. The molecule has 6 heteroatoms. The topological polar surface area (TPSA) is 71.1 Å². The second kappa shape index (κ2) is 9.84. The quantitative estimate of drug-likeness (QED) is 0.762. The maximum Gasteiger partial charge on any atom is 0.234 e. The van der Waals surface area contributed by atoms with Crippen molar-refractivity contribution in [2.45, 2.75) is 25.5 Å². The number of carbonyl (C=O) groups is 2. The summed E-state index contributed by atoms with van der Waals surface area (Å²) in [6.07, 6.45) is 2.43. The highest BCUT2D eigenvalue weighted by Gasteiger charge is 2.15. The number of benzene rings is 1. The summed E-state index contributed by atoms with van der Waals surface area (Å²) in [5, 5.41) is 5.42. The molecule has 132 valence electrons. The average Bonchev–Trinajstić information content (AvgIpc) is 2.62. The van der Waals surface area contributed by atoms with Gasteiger partial charge in [0.05, 0.1) is 11.0 Å². The van der Waals surface area contributed by atoms with Crippen LogP contribution >= 0.6 is 11.8 Å². The number of anilines is 1. The number of hydrogen-bond acceptors (Lipinski definition) is 4. The summed E-state index contributed by atoms with van der Waals surface area (Å²) in [7, 11) is 0. The molecular weight excluding hydrogens is 334 g/mol. The highest BCUT2D eigenvalue weighted by Crippen LogP contribution is 2.13. The monoisotopic (exact) mass is 357 g/mol. The molecule has 0 bridgehead atoms. The molecule has 1 aromatic heterocycles. The van der Waals surface area contributed by atoms with Gasteiger partial charge in [-0.05, 0) is 38.1 Å². The van der Waals surface area contributed by atoms with Gasteiger partial charge >= 0.3 is 0 Å². The van der Waals surface area contributed by atoms with Gasteiger partial charge in [-0.3, -0.25) is 14.6 Å². The van der Waals surface area contributed by atoms with Crippen molar-refractivity contribution in [2.24, 2.45) is 0 Å². The molecule has 2 aromatic rings. The SMILES string of the molecule is Cc1ccc(NC(=O)CS[C@@H](C)C(=O)NCCc2ccccn2)cc1. The number of hydrogen-bond donors (Lipinski definition) is 2. The molecule has 0 radical (unpaired) electrons. The minimum atomic E-state index is -0.285. The van der Waals surface area contributed by atoms with Crippen molar-refractivity contribution in [3.8, 4) is 0 Å². The molecule has 1 aromatic carbocycles. The Hall–Kier alpha value is -2.34. The van der Waals surface area contributed by atoms with E-state index >= 15 is 0 Å². The van der Waals surface area contributed by atoms with Crippen LogP contribution in [0.15, 0.2) is 48.7 Å². The lowest BCUT2D eigenvalue weighted by molar-refractivity contribution is -0.120. The Balaban J connectivity index is 1.66. The van der Waals surface area contributed by atoms with E-state index in [0.29, 0.717) is 13.0 Å². The van der Waals surface area contributed by atoms with Gasteiger partial charge in [0.25, 0.3) is 0 Å². The molecule has 0 aliphatic heterocycles.